The van der Waals surface area contributed by atoms with Gasteiger partial charge in [-0.3, -0.25) is 4.68 Å². The van der Waals surface area contributed by atoms with Crippen molar-refractivity contribution in [1.82, 2.24) is 20.3 Å². The van der Waals surface area contributed by atoms with Crippen molar-refractivity contribution in [2.24, 2.45) is 0 Å². The number of hydrogen-bond donors (Lipinski definition) is 3. The smallest absolute Gasteiger partial charge is 0.0964 e. The summed E-state index contributed by atoms with van der Waals surface area (Å²) in [5.41, 5.74) is 0.841. The van der Waals surface area contributed by atoms with Crippen molar-refractivity contribution in [2.45, 2.75) is 32.5 Å². The Balaban J connectivity index is 2.26. The Morgan fingerprint density at radius 3 is 3.07 bits per heavy atom. The van der Waals surface area contributed by atoms with Gasteiger partial charge in [0.15, 0.2) is 0 Å². The standard InChI is InChI=1S/C9H18N4O2/c1-8(15)5-10-6-9-7-13(12-11-9)3-2-4-14/h7-8,10,14-15H,2-6H2,1H3. The summed E-state index contributed by atoms with van der Waals surface area (Å²) in [5.74, 6) is 0. The SMILES string of the molecule is CC(O)CNCc1cn(CCCO)nn1. The largest absolute Gasteiger partial charge is 0.396 e. The van der Waals surface area contributed by atoms with Crippen LogP contribution in [-0.2, 0) is 13.1 Å². The minimum atomic E-state index is -0.352. The van der Waals surface area contributed by atoms with E-state index in [2.05, 4.69) is 15.6 Å². The number of nitrogens with zero attached hydrogens (tertiary/aromatic N) is 3. The van der Waals surface area contributed by atoms with Crippen LogP contribution in [0.1, 0.15) is 19.0 Å². The molecule has 0 saturated heterocycles. The predicted molar refractivity (Wildman–Crippen MR) is 55.1 cm³/mol. The van der Waals surface area contributed by atoms with Crippen LogP contribution in [0.3, 0.4) is 0 Å². The van der Waals surface area contributed by atoms with Gasteiger partial charge < -0.3 is 15.5 Å². The fourth-order valence-electron chi connectivity index (χ4n) is 1.17. The first-order chi connectivity index (χ1) is 7.22. The van der Waals surface area contributed by atoms with Gasteiger partial charge in [0.05, 0.1) is 11.8 Å². The van der Waals surface area contributed by atoms with Crippen LogP contribution in [0.2, 0.25) is 0 Å². The zero-order chi connectivity index (χ0) is 11.1. The van der Waals surface area contributed by atoms with Gasteiger partial charge in [0.25, 0.3) is 0 Å². The monoisotopic (exact) mass is 214 g/mol. The van der Waals surface area contributed by atoms with E-state index in [1.807, 2.05) is 6.20 Å². The molecule has 1 atom stereocenters. The number of aromatic nitrogens is 3. The molecule has 1 aromatic rings. The van der Waals surface area contributed by atoms with Gasteiger partial charge in [-0.05, 0) is 13.3 Å². The molecule has 0 aromatic carbocycles. The molecule has 1 unspecified atom stereocenters. The number of rotatable bonds is 7. The molecule has 1 aromatic heterocycles. The molecular weight excluding hydrogens is 196 g/mol. The molecule has 0 spiro atoms. The molecule has 0 amide bonds. The van der Waals surface area contributed by atoms with Gasteiger partial charge >= 0.3 is 0 Å². The van der Waals surface area contributed by atoms with Crippen molar-refractivity contribution >= 4 is 0 Å². The molecule has 0 aliphatic carbocycles. The molecule has 6 heteroatoms. The molecule has 0 saturated carbocycles. The Hall–Kier alpha value is -0.980. The fourth-order valence-corrected chi connectivity index (χ4v) is 1.17. The van der Waals surface area contributed by atoms with E-state index in [4.69, 9.17) is 10.2 Å². The van der Waals surface area contributed by atoms with Gasteiger partial charge in [0.2, 0.25) is 0 Å². The van der Waals surface area contributed by atoms with Crippen molar-refractivity contribution < 1.29 is 10.2 Å². The highest BCUT2D eigenvalue weighted by atomic mass is 16.3. The predicted octanol–water partition coefficient (Wildman–Crippen LogP) is -0.869. The maximum absolute atomic E-state index is 9.02. The van der Waals surface area contributed by atoms with E-state index in [1.54, 1.807) is 11.6 Å². The first-order valence-electron chi connectivity index (χ1n) is 5.11. The summed E-state index contributed by atoms with van der Waals surface area (Å²) in [7, 11) is 0. The Morgan fingerprint density at radius 2 is 2.40 bits per heavy atom. The highest BCUT2D eigenvalue weighted by Gasteiger charge is 2.00. The van der Waals surface area contributed by atoms with Crippen LogP contribution in [0, 0.1) is 0 Å². The minimum absolute atomic E-state index is 0.162. The van der Waals surface area contributed by atoms with Gasteiger partial charge in [-0.1, -0.05) is 5.21 Å². The zero-order valence-corrected chi connectivity index (χ0v) is 8.93. The minimum Gasteiger partial charge on any atom is -0.396 e. The maximum atomic E-state index is 9.02. The second-order valence-electron chi connectivity index (χ2n) is 3.53. The van der Waals surface area contributed by atoms with E-state index in [-0.39, 0.29) is 12.7 Å². The topological polar surface area (TPSA) is 83.2 Å². The number of nitrogens with one attached hydrogen (secondary N) is 1. The Kier molecular flexibility index (Phi) is 5.23. The summed E-state index contributed by atoms with van der Waals surface area (Å²) < 4.78 is 1.70. The van der Waals surface area contributed by atoms with E-state index in [0.29, 0.717) is 26.1 Å². The molecule has 0 aliphatic rings. The van der Waals surface area contributed by atoms with E-state index < -0.39 is 0 Å². The lowest BCUT2D eigenvalue weighted by atomic mass is 10.4. The van der Waals surface area contributed by atoms with Crippen LogP contribution in [-0.4, -0.2) is 44.5 Å². The maximum Gasteiger partial charge on any atom is 0.0964 e. The van der Waals surface area contributed by atoms with Gasteiger partial charge in [0, 0.05) is 32.4 Å². The Bertz CT molecular complexity index is 275. The highest BCUT2D eigenvalue weighted by molar-refractivity contribution is 4.91. The lowest BCUT2D eigenvalue weighted by molar-refractivity contribution is 0.191. The van der Waals surface area contributed by atoms with Gasteiger partial charge in [-0.25, -0.2) is 0 Å². The summed E-state index contributed by atoms with van der Waals surface area (Å²) in [6.07, 6.45) is 2.17. The molecule has 1 heterocycles. The average Bonchev–Trinajstić information content (AvgIpc) is 2.62. The summed E-state index contributed by atoms with van der Waals surface area (Å²) in [6, 6.07) is 0. The molecule has 3 N–H and O–H groups in total. The number of hydrogen-bond acceptors (Lipinski definition) is 5. The third kappa shape index (κ3) is 4.87. The fraction of sp³-hybridized carbons (Fsp3) is 0.778. The third-order valence-corrected chi connectivity index (χ3v) is 1.88. The summed E-state index contributed by atoms with van der Waals surface area (Å²) in [4.78, 5) is 0. The van der Waals surface area contributed by atoms with Gasteiger partial charge in [-0.15, -0.1) is 5.10 Å². The van der Waals surface area contributed by atoms with E-state index in [9.17, 15) is 0 Å². The summed E-state index contributed by atoms with van der Waals surface area (Å²) in [6.45, 7) is 3.72. The lowest BCUT2D eigenvalue weighted by Crippen LogP contribution is -2.23. The molecule has 0 radical (unpaired) electrons. The lowest BCUT2D eigenvalue weighted by Gasteiger charge is -2.03. The quantitative estimate of drug-likeness (QED) is 0.549. The van der Waals surface area contributed by atoms with Crippen molar-refractivity contribution in [1.29, 1.82) is 0 Å². The molecule has 6 nitrogen and oxygen atoms in total. The Labute approximate surface area is 88.9 Å². The molecule has 1 rings (SSSR count). The third-order valence-electron chi connectivity index (χ3n) is 1.88. The highest BCUT2D eigenvalue weighted by Crippen LogP contribution is 1.94. The molecule has 86 valence electrons. The van der Waals surface area contributed by atoms with E-state index >= 15 is 0 Å². The summed E-state index contributed by atoms with van der Waals surface area (Å²) >= 11 is 0. The second-order valence-corrected chi connectivity index (χ2v) is 3.53. The van der Waals surface area contributed by atoms with Crippen molar-refractivity contribution in [3.8, 4) is 0 Å². The van der Waals surface area contributed by atoms with Crippen LogP contribution in [0.25, 0.3) is 0 Å². The van der Waals surface area contributed by atoms with Crippen LogP contribution in [0.4, 0.5) is 0 Å². The van der Waals surface area contributed by atoms with Crippen molar-refractivity contribution in [3.63, 3.8) is 0 Å². The molecule has 15 heavy (non-hydrogen) atoms. The van der Waals surface area contributed by atoms with Gasteiger partial charge in [-0.2, -0.15) is 0 Å². The summed E-state index contributed by atoms with van der Waals surface area (Å²) in [5, 5.41) is 28.6. The van der Waals surface area contributed by atoms with Crippen LogP contribution < -0.4 is 5.32 Å². The van der Waals surface area contributed by atoms with Crippen molar-refractivity contribution in [3.05, 3.63) is 11.9 Å². The van der Waals surface area contributed by atoms with E-state index in [1.165, 1.54) is 0 Å². The van der Waals surface area contributed by atoms with E-state index in [0.717, 1.165) is 5.69 Å². The molecular formula is C9H18N4O2. The number of aliphatic hydroxyl groups excluding tert-OH is 2. The first-order valence-corrected chi connectivity index (χ1v) is 5.11. The molecule has 0 aliphatic heterocycles. The zero-order valence-electron chi connectivity index (χ0n) is 8.93. The van der Waals surface area contributed by atoms with Crippen molar-refractivity contribution in [2.75, 3.05) is 13.2 Å². The second kappa shape index (κ2) is 6.49. The van der Waals surface area contributed by atoms with Gasteiger partial charge in [0.1, 0.15) is 0 Å². The molecule has 0 bridgehead atoms. The molecule has 0 fully saturated rings. The normalized spacial score (nSPS) is 13.0. The van der Waals surface area contributed by atoms with Crippen LogP contribution >= 0.6 is 0 Å². The number of aryl methyl sites for hydroxylation is 1. The average molecular weight is 214 g/mol. The van der Waals surface area contributed by atoms with Crippen LogP contribution in [0.5, 0.6) is 0 Å². The number of aliphatic hydroxyl groups is 2. The first kappa shape index (κ1) is 12.1. The Morgan fingerprint density at radius 1 is 1.60 bits per heavy atom. The van der Waals surface area contributed by atoms with Crippen LogP contribution in [0.15, 0.2) is 6.20 Å².